The second kappa shape index (κ2) is 2.92. The van der Waals surface area contributed by atoms with Crippen LogP contribution in [0.15, 0.2) is 17.1 Å². The molecule has 0 saturated heterocycles. The van der Waals surface area contributed by atoms with Gasteiger partial charge in [0.25, 0.3) is 0 Å². The van der Waals surface area contributed by atoms with Crippen molar-refractivity contribution in [1.82, 2.24) is 0 Å². The van der Waals surface area contributed by atoms with Crippen LogP contribution in [0.1, 0.15) is 0 Å². The van der Waals surface area contributed by atoms with Crippen molar-refractivity contribution in [3.05, 3.63) is 12.2 Å². The van der Waals surface area contributed by atoms with Gasteiger partial charge in [-0.1, -0.05) is 6.08 Å². The number of allylic oxidation sites excluding steroid dienone is 1. The average molecular weight is 127 g/mol. The molecule has 0 aromatic carbocycles. The van der Waals surface area contributed by atoms with E-state index in [0.29, 0.717) is 5.25 Å². The van der Waals surface area contributed by atoms with E-state index in [1.165, 1.54) is 0 Å². The Labute approximate surface area is 53.9 Å². The second-order valence-electron chi connectivity index (χ2n) is 1.67. The van der Waals surface area contributed by atoms with Crippen molar-refractivity contribution in [2.24, 2.45) is 4.99 Å². The molecule has 1 rings (SSSR count). The SMILES string of the molecule is CSC1C=CC=NC1. The van der Waals surface area contributed by atoms with Crippen molar-refractivity contribution in [2.45, 2.75) is 5.25 Å². The minimum absolute atomic E-state index is 0.625. The standard InChI is InChI=1S/C6H9NS/c1-8-6-3-2-4-7-5-6/h2-4,6H,5H2,1H3. The molecule has 0 aromatic heterocycles. The summed E-state index contributed by atoms with van der Waals surface area (Å²) in [5.74, 6) is 0. The van der Waals surface area contributed by atoms with E-state index in [2.05, 4.69) is 17.3 Å². The number of rotatable bonds is 1. The van der Waals surface area contributed by atoms with Crippen molar-refractivity contribution in [3.63, 3.8) is 0 Å². The van der Waals surface area contributed by atoms with Crippen molar-refractivity contribution < 1.29 is 0 Å². The third-order valence-corrected chi connectivity index (χ3v) is 2.02. The fourth-order valence-corrected chi connectivity index (χ4v) is 1.10. The van der Waals surface area contributed by atoms with E-state index in [9.17, 15) is 0 Å². The van der Waals surface area contributed by atoms with Crippen LogP contribution in [0.5, 0.6) is 0 Å². The monoisotopic (exact) mass is 127 g/mol. The summed E-state index contributed by atoms with van der Waals surface area (Å²) in [6, 6.07) is 0. The lowest BCUT2D eigenvalue weighted by Gasteiger charge is -2.06. The molecule has 0 radical (unpaired) electrons. The van der Waals surface area contributed by atoms with Crippen LogP contribution in [0.2, 0.25) is 0 Å². The van der Waals surface area contributed by atoms with Crippen molar-refractivity contribution in [1.29, 1.82) is 0 Å². The molecule has 0 fully saturated rings. The van der Waals surface area contributed by atoms with Gasteiger partial charge in [-0.2, -0.15) is 11.8 Å². The van der Waals surface area contributed by atoms with Crippen LogP contribution in [-0.4, -0.2) is 24.3 Å². The summed E-state index contributed by atoms with van der Waals surface area (Å²) in [6.07, 6.45) is 8.14. The smallest absolute Gasteiger partial charge is 0.0543 e. The summed E-state index contributed by atoms with van der Waals surface area (Å²) in [5.41, 5.74) is 0. The highest BCUT2D eigenvalue weighted by Crippen LogP contribution is 2.09. The number of thioether (sulfide) groups is 1. The average Bonchev–Trinajstić information content (AvgIpc) is 1.90. The van der Waals surface area contributed by atoms with Crippen molar-refractivity contribution in [3.8, 4) is 0 Å². The molecule has 1 unspecified atom stereocenters. The lowest BCUT2D eigenvalue weighted by molar-refractivity contribution is 1.02. The molecule has 1 nitrogen and oxygen atoms in total. The Morgan fingerprint density at radius 2 is 2.62 bits per heavy atom. The summed E-state index contributed by atoms with van der Waals surface area (Å²) < 4.78 is 0. The molecule has 1 heterocycles. The van der Waals surface area contributed by atoms with Crippen LogP contribution in [0, 0.1) is 0 Å². The van der Waals surface area contributed by atoms with Crippen LogP contribution in [0.25, 0.3) is 0 Å². The summed E-state index contributed by atoms with van der Waals surface area (Å²) >= 11 is 1.85. The van der Waals surface area contributed by atoms with Crippen molar-refractivity contribution in [2.75, 3.05) is 12.8 Å². The molecule has 0 spiro atoms. The van der Waals surface area contributed by atoms with Gasteiger partial charge < -0.3 is 0 Å². The van der Waals surface area contributed by atoms with E-state index in [4.69, 9.17) is 0 Å². The Morgan fingerprint density at radius 3 is 3.00 bits per heavy atom. The van der Waals surface area contributed by atoms with Gasteiger partial charge >= 0.3 is 0 Å². The third kappa shape index (κ3) is 1.37. The zero-order valence-electron chi connectivity index (χ0n) is 4.87. The van der Waals surface area contributed by atoms with Gasteiger partial charge in [0.2, 0.25) is 0 Å². The predicted molar refractivity (Wildman–Crippen MR) is 39.8 cm³/mol. The topological polar surface area (TPSA) is 12.4 Å². The number of hydrogen-bond acceptors (Lipinski definition) is 2. The van der Waals surface area contributed by atoms with Crippen LogP contribution < -0.4 is 0 Å². The molecule has 0 aliphatic carbocycles. The molecule has 44 valence electrons. The van der Waals surface area contributed by atoms with E-state index in [1.807, 2.05) is 24.1 Å². The second-order valence-corrected chi connectivity index (χ2v) is 2.75. The summed E-state index contributed by atoms with van der Waals surface area (Å²) in [6.45, 7) is 0.956. The van der Waals surface area contributed by atoms with Crippen LogP contribution in [-0.2, 0) is 0 Å². The number of aliphatic imine (C=N–C) groups is 1. The molecule has 1 aliphatic rings. The highest BCUT2D eigenvalue weighted by molar-refractivity contribution is 7.99. The molecular weight excluding hydrogens is 118 g/mol. The Kier molecular flexibility index (Phi) is 2.15. The van der Waals surface area contributed by atoms with E-state index >= 15 is 0 Å². The lowest BCUT2D eigenvalue weighted by atomic mass is 10.3. The maximum atomic E-state index is 4.10. The van der Waals surface area contributed by atoms with Gasteiger partial charge in [-0.3, -0.25) is 4.99 Å². The minimum atomic E-state index is 0.625. The molecule has 0 bridgehead atoms. The summed E-state index contributed by atoms with van der Waals surface area (Å²) in [7, 11) is 0. The normalized spacial score (nSPS) is 26.4. The Balaban J connectivity index is 2.40. The largest absolute Gasteiger partial charge is 0.292 e. The zero-order chi connectivity index (χ0) is 5.82. The predicted octanol–water partition coefficient (Wildman–Crippen LogP) is 1.36. The Morgan fingerprint density at radius 1 is 1.75 bits per heavy atom. The minimum Gasteiger partial charge on any atom is -0.292 e. The van der Waals surface area contributed by atoms with E-state index in [1.54, 1.807) is 0 Å². The maximum Gasteiger partial charge on any atom is 0.0543 e. The first kappa shape index (κ1) is 5.89. The van der Waals surface area contributed by atoms with Gasteiger partial charge in [-0.05, 0) is 12.3 Å². The summed E-state index contributed by atoms with van der Waals surface area (Å²) in [5, 5.41) is 0.625. The molecule has 0 saturated carbocycles. The van der Waals surface area contributed by atoms with Gasteiger partial charge in [0.05, 0.1) is 6.54 Å². The first-order chi connectivity index (χ1) is 3.93. The molecule has 0 N–H and O–H groups in total. The maximum absolute atomic E-state index is 4.10. The third-order valence-electron chi connectivity index (χ3n) is 1.11. The molecule has 1 aliphatic heterocycles. The quantitative estimate of drug-likeness (QED) is 0.518. The highest BCUT2D eigenvalue weighted by Gasteiger charge is 2.00. The van der Waals surface area contributed by atoms with Gasteiger partial charge in [-0.15, -0.1) is 0 Å². The molecule has 2 heteroatoms. The van der Waals surface area contributed by atoms with Gasteiger partial charge in [0.1, 0.15) is 0 Å². The zero-order valence-corrected chi connectivity index (χ0v) is 5.69. The molecular formula is C6H9NS. The molecule has 1 atom stereocenters. The highest BCUT2D eigenvalue weighted by atomic mass is 32.2. The van der Waals surface area contributed by atoms with Gasteiger partial charge in [0, 0.05) is 11.5 Å². The summed E-state index contributed by atoms with van der Waals surface area (Å²) in [4.78, 5) is 4.10. The first-order valence-corrected chi connectivity index (χ1v) is 3.91. The van der Waals surface area contributed by atoms with Crippen LogP contribution in [0.4, 0.5) is 0 Å². The lowest BCUT2D eigenvalue weighted by Crippen LogP contribution is -2.05. The fraction of sp³-hybridized carbons (Fsp3) is 0.500. The van der Waals surface area contributed by atoms with Gasteiger partial charge in [0.15, 0.2) is 0 Å². The number of hydrogen-bond donors (Lipinski definition) is 0. The van der Waals surface area contributed by atoms with E-state index in [0.717, 1.165) is 6.54 Å². The molecule has 0 aromatic rings. The van der Waals surface area contributed by atoms with Gasteiger partial charge in [-0.25, -0.2) is 0 Å². The Hall–Kier alpha value is -0.240. The molecule has 0 amide bonds. The molecule has 8 heavy (non-hydrogen) atoms. The Bertz CT molecular complexity index is 118. The number of dihydropyridines is 1. The number of nitrogens with zero attached hydrogens (tertiary/aromatic N) is 1. The first-order valence-electron chi connectivity index (χ1n) is 2.63. The van der Waals surface area contributed by atoms with E-state index < -0.39 is 0 Å². The van der Waals surface area contributed by atoms with Crippen molar-refractivity contribution >= 4 is 18.0 Å². The van der Waals surface area contributed by atoms with Crippen LogP contribution >= 0.6 is 11.8 Å². The van der Waals surface area contributed by atoms with Crippen LogP contribution in [0.3, 0.4) is 0 Å². The fourth-order valence-electron chi connectivity index (χ4n) is 0.613. The van der Waals surface area contributed by atoms with E-state index in [-0.39, 0.29) is 0 Å².